The van der Waals surface area contributed by atoms with Crippen molar-refractivity contribution in [3.05, 3.63) is 29.8 Å². The van der Waals surface area contributed by atoms with Gasteiger partial charge in [-0.3, -0.25) is 4.79 Å². The van der Waals surface area contributed by atoms with Crippen LogP contribution in [0.2, 0.25) is 0 Å². The van der Waals surface area contributed by atoms with E-state index in [4.69, 9.17) is 9.47 Å². The van der Waals surface area contributed by atoms with Gasteiger partial charge in [0.2, 0.25) is 5.91 Å². The Balaban J connectivity index is 1.63. The Morgan fingerprint density at radius 2 is 1.88 bits per heavy atom. The highest BCUT2D eigenvalue weighted by Crippen LogP contribution is 2.23. The summed E-state index contributed by atoms with van der Waals surface area (Å²) in [6, 6.07) is 8.24. The average molecular weight is 362 g/mol. The van der Waals surface area contributed by atoms with Gasteiger partial charge in [-0.2, -0.15) is 0 Å². The molecule has 0 atom stereocenters. The summed E-state index contributed by atoms with van der Waals surface area (Å²) in [5.74, 6) is 1.66. The standard InChI is InChI=1S/C20H30N2O4/c1-3-26-20(24)21-13-10-19(23)22-14-11-17(12-15-22)5-4-16-6-8-18(25-2)9-7-16/h6-9,17H,3-5,10-15H2,1-2H3,(H,21,24). The zero-order valence-corrected chi connectivity index (χ0v) is 15.8. The first-order valence-electron chi connectivity index (χ1n) is 9.43. The molecule has 0 unspecified atom stereocenters. The van der Waals surface area contributed by atoms with E-state index < -0.39 is 6.09 Å². The van der Waals surface area contributed by atoms with Crippen LogP contribution >= 0.6 is 0 Å². The molecule has 1 heterocycles. The van der Waals surface area contributed by atoms with E-state index in [9.17, 15) is 9.59 Å². The molecule has 2 amide bonds. The van der Waals surface area contributed by atoms with E-state index in [2.05, 4.69) is 17.4 Å². The number of carbonyl (C=O) groups is 2. The smallest absolute Gasteiger partial charge is 0.407 e. The summed E-state index contributed by atoms with van der Waals surface area (Å²) in [5, 5.41) is 2.59. The summed E-state index contributed by atoms with van der Waals surface area (Å²) in [4.78, 5) is 25.3. The average Bonchev–Trinajstić information content (AvgIpc) is 2.67. The molecule has 1 fully saturated rings. The number of benzene rings is 1. The Morgan fingerprint density at radius 1 is 1.19 bits per heavy atom. The monoisotopic (exact) mass is 362 g/mol. The molecule has 1 saturated heterocycles. The molecule has 26 heavy (non-hydrogen) atoms. The van der Waals surface area contributed by atoms with Crippen molar-refractivity contribution in [1.29, 1.82) is 0 Å². The third kappa shape index (κ3) is 6.58. The molecular weight excluding hydrogens is 332 g/mol. The van der Waals surface area contributed by atoms with Crippen LogP contribution in [-0.4, -0.2) is 50.3 Å². The molecule has 0 spiro atoms. The van der Waals surface area contributed by atoms with Gasteiger partial charge in [-0.1, -0.05) is 12.1 Å². The number of amides is 2. The first-order valence-corrected chi connectivity index (χ1v) is 9.43. The van der Waals surface area contributed by atoms with Crippen molar-refractivity contribution >= 4 is 12.0 Å². The number of rotatable bonds is 8. The van der Waals surface area contributed by atoms with E-state index in [0.29, 0.717) is 25.5 Å². The minimum Gasteiger partial charge on any atom is -0.497 e. The molecule has 1 aromatic rings. The minimum absolute atomic E-state index is 0.107. The van der Waals surface area contributed by atoms with E-state index in [1.165, 1.54) is 5.56 Å². The quantitative estimate of drug-likeness (QED) is 0.772. The fraction of sp³-hybridized carbons (Fsp3) is 0.600. The van der Waals surface area contributed by atoms with Gasteiger partial charge >= 0.3 is 6.09 Å². The van der Waals surface area contributed by atoms with Crippen molar-refractivity contribution in [3.63, 3.8) is 0 Å². The summed E-state index contributed by atoms with van der Waals surface area (Å²) in [6.45, 7) is 4.04. The second kappa shape index (κ2) is 10.7. The maximum absolute atomic E-state index is 12.2. The Morgan fingerprint density at radius 3 is 2.50 bits per heavy atom. The lowest BCUT2D eigenvalue weighted by atomic mass is 9.90. The van der Waals surface area contributed by atoms with E-state index in [1.807, 2.05) is 17.0 Å². The number of piperidine rings is 1. The number of carbonyl (C=O) groups excluding carboxylic acids is 2. The van der Waals surface area contributed by atoms with Crippen LogP contribution < -0.4 is 10.1 Å². The molecule has 144 valence electrons. The number of nitrogens with zero attached hydrogens (tertiary/aromatic N) is 1. The van der Waals surface area contributed by atoms with E-state index in [-0.39, 0.29) is 5.91 Å². The first kappa shape index (κ1) is 20.1. The van der Waals surface area contributed by atoms with Crippen LogP contribution in [0, 0.1) is 5.92 Å². The molecule has 0 aromatic heterocycles. The highest BCUT2D eigenvalue weighted by atomic mass is 16.5. The maximum Gasteiger partial charge on any atom is 0.407 e. The lowest BCUT2D eigenvalue weighted by molar-refractivity contribution is -0.132. The van der Waals surface area contributed by atoms with Crippen LogP contribution in [0.1, 0.15) is 38.2 Å². The lowest BCUT2D eigenvalue weighted by Crippen LogP contribution is -2.40. The largest absolute Gasteiger partial charge is 0.497 e. The van der Waals surface area contributed by atoms with Crippen molar-refractivity contribution in [2.75, 3.05) is 33.4 Å². The van der Waals surface area contributed by atoms with Crippen molar-refractivity contribution in [1.82, 2.24) is 10.2 Å². The van der Waals surface area contributed by atoms with Crippen LogP contribution in [0.3, 0.4) is 0 Å². The number of likely N-dealkylation sites (tertiary alicyclic amines) is 1. The van der Waals surface area contributed by atoms with Crippen LogP contribution in [0.25, 0.3) is 0 Å². The van der Waals surface area contributed by atoms with Gasteiger partial charge in [-0.25, -0.2) is 4.79 Å². The molecule has 0 saturated carbocycles. The van der Waals surface area contributed by atoms with Gasteiger partial charge in [0, 0.05) is 26.1 Å². The van der Waals surface area contributed by atoms with Gasteiger partial charge in [0.15, 0.2) is 0 Å². The summed E-state index contributed by atoms with van der Waals surface area (Å²) >= 11 is 0. The number of hydrogen-bond donors (Lipinski definition) is 1. The molecule has 0 aliphatic carbocycles. The fourth-order valence-electron chi connectivity index (χ4n) is 3.25. The van der Waals surface area contributed by atoms with E-state index in [1.54, 1.807) is 14.0 Å². The number of methoxy groups -OCH3 is 1. The summed E-state index contributed by atoms with van der Waals surface area (Å²) in [7, 11) is 1.68. The van der Waals surface area contributed by atoms with Gasteiger partial charge in [0.05, 0.1) is 13.7 Å². The van der Waals surface area contributed by atoms with Crippen LogP contribution in [0.5, 0.6) is 5.75 Å². The Bertz CT molecular complexity index is 566. The van der Waals surface area contributed by atoms with Crippen LogP contribution in [0.15, 0.2) is 24.3 Å². The Hall–Kier alpha value is -2.24. The third-order valence-electron chi connectivity index (χ3n) is 4.85. The fourth-order valence-corrected chi connectivity index (χ4v) is 3.25. The Kier molecular flexibility index (Phi) is 8.25. The molecule has 0 radical (unpaired) electrons. The van der Waals surface area contributed by atoms with Crippen molar-refractivity contribution in [2.45, 2.75) is 39.0 Å². The third-order valence-corrected chi connectivity index (χ3v) is 4.85. The van der Waals surface area contributed by atoms with Crippen LogP contribution in [-0.2, 0) is 16.0 Å². The number of aryl methyl sites for hydroxylation is 1. The Labute approximate surface area is 155 Å². The van der Waals surface area contributed by atoms with Gasteiger partial charge in [-0.15, -0.1) is 0 Å². The number of hydrogen-bond acceptors (Lipinski definition) is 4. The van der Waals surface area contributed by atoms with Crippen molar-refractivity contribution in [3.8, 4) is 5.75 Å². The van der Waals surface area contributed by atoms with Crippen molar-refractivity contribution < 1.29 is 19.1 Å². The number of ether oxygens (including phenoxy) is 2. The second-order valence-electron chi connectivity index (χ2n) is 6.61. The molecule has 1 aliphatic rings. The molecule has 2 rings (SSSR count). The molecule has 6 nitrogen and oxygen atoms in total. The van der Waals surface area contributed by atoms with Gasteiger partial charge < -0.3 is 19.7 Å². The normalized spacial score (nSPS) is 14.8. The summed E-state index contributed by atoms with van der Waals surface area (Å²) < 4.78 is 9.96. The number of alkyl carbamates (subject to hydrolysis) is 1. The molecular formula is C20H30N2O4. The second-order valence-corrected chi connectivity index (χ2v) is 6.61. The van der Waals surface area contributed by atoms with Crippen molar-refractivity contribution in [2.24, 2.45) is 5.92 Å². The minimum atomic E-state index is -0.461. The highest BCUT2D eigenvalue weighted by molar-refractivity contribution is 5.77. The first-order chi connectivity index (χ1) is 12.6. The summed E-state index contributed by atoms with van der Waals surface area (Å²) in [5.41, 5.74) is 1.33. The zero-order valence-electron chi connectivity index (χ0n) is 15.8. The van der Waals surface area contributed by atoms with E-state index in [0.717, 1.165) is 44.5 Å². The van der Waals surface area contributed by atoms with E-state index >= 15 is 0 Å². The zero-order chi connectivity index (χ0) is 18.8. The SMILES string of the molecule is CCOC(=O)NCCC(=O)N1CCC(CCc2ccc(OC)cc2)CC1. The molecule has 1 N–H and O–H groups in total. The predicted molar refractivity (Wildman–Crippen MR) is 100 cm³/mol. The lowest BCUT2D eigenvalue weighted by Gasteiger charge is -2.32. The maximum atomic E-state index is 12.2. The molecule has 1 aliphatic heterocycles. The molecule has 1 aromatic carbocycles. The predicted octanol–water partition coefficient (Wildman–Crippen LogP) is 3.00. The van der Waals surface area contributed by atoms with Crippen LogP contribution in [0.4, 0.5) is 4.79 Å². The van der Waals surface area contributed by atoms with Gasteiger partial charge in [0.25, 0.3) is 0 Å². The highest BCUT2D eigenvalue weighted by Gasteiger charge is 2.22. The number of nitrogens with one attached hydrogen (secondary N) is 1. The van der Waals surface area contributed by atoms with Gasteiger partial charge in [-0.05, 0) is 56.2 Å². The van der Waals surface area contributed by atoms with Gasteiger partial charge in [0.1, 0.15) is 5.75 Å². The summed E-state index contributed by atoms with van der Waals surface area (Å²) in [6.07, 6.45) is 4.18. The molecule has 6 heteroatoms. The molecule has 0 bridgehead atoms. The topological polar surface area (TPSA) is 67.9 Å².